The molecule has 0 bridgehead atoms. The van der Waals surface area contributed by atoms with Gasteiger partial charge in [0.2, 0.25) is 0 Å². The van der Waals surface area contributed by atoms with Crippen molar-refractivity contribution in [1.82, 2.24) is 5.43 Å². The first-order valence-corrected chi connectivity index (χ1v) is 6.19. The Bertz CT molecular complexity index is 467. The van der Waals surface area contributed by atoms with E-state index in [0.29, 0.717) is 5.56 Å². The zero-order chi connectivity index (χ0) is 15.8. The van der Waals surface area contributed by atoms with Gasteiger partial charge < -0.3 is 25.5 Å². The van der Waals surface area contributed by atoms with E-state index in [-0.39, 0.29) is 0 Å². The second kappa shape index (κ2) is 8.45. The lowest BCUT2D eigenvalue weighted by Gasteiger charge is -2.23. The van der Waals surface area contributed by atoms with Crippen molar-refractivity contribution in [3.63, 3.8) is 0 Å². The maximum absolute atomic E-state index is 11.6. The largest absolute Gasteiger partial charge is 0.394 e. The van der Waals surface area contributed by atoms with Crippen molar-refractivity contribution in [2.75, 3.05) is 6.61 Å². The molecule has 8 heteroatoms. The lowest BCUT2D eigenvalue weighted by atomic mass is 10.0. The molecular weight excluding hydrogens is 280 g/mol. The normalized spacial score (nSPS) is 17.2. The molecule has 0 fully saturated rings. The quantitative estimate of drug-likeness (QED) is 0.250. The number of hydrogen-bond donors (Lipinski definition) is 6. The minimum atomic E-state index is -1.76. The fourth-order valence-corrected chi connectivity index (χ4v) is 1.45. The van der Waals surface area contributed by atoms with E-state index < -0.39 is 36.9 Å². The molecule has 1 rings (SSSR count). The van der Waals surface area contributed by atoms with Crippen LogP contribution in [-0.4, -0.2) is 68.7 Å². The van der Waals surface area contributed by atoms with Gasteiger partial charge in [-0.05, 0) is 12.1 Å². The van der Waals surface area contributed by atoms with Gasteiger partial charge in [-0.15, -0.1) is 0 Å². The topological polar surface area (TPSA) is 143 Å². The van der Waals surface area contributed by atoms with Gasteiger partial charge in [-0.1, -0.05) is 18.2 Å². The molecule has 0 radical (unpaired) electrons. The van der Waals surface area contributed by atoms with Crippen LogP contribution in [-0.2, 0) is 0 Å². The first-order chi connectivity index (χ1) is 9.97. The second-order valence-electron chi connectivity index (χ2n) is 4.31. The number of hydrogen-bond acceptors (Lipinski definition) is 7. The third kappa shape index (κ3) is 5.21. The highest BCUT2D eigenvalue weighted by Gasteiger charge is 2.29. The smallest absolute Gasteiger partial charge is 0.271 e. The van der Waals surface area contributed by atoms with Crippen molar-refractivity contribution in [2.45, 2.75) is 24.4 Å². The number of benzene rings is 1. The van der Waals surface area contributed by atoms with Gasteiger partial charge in [0.05, 0.1) is 12.8 Å². The van der Waals surface area contributed by atoms with Crippen LogP contribution < -0.4 is 5.43 Å². The van der Waals surface area contributed by atoms with E-state index in [2.05, 4.69) is 10.5 Å². The summed E-state index contributed by atoms with van der Waals surface area (Å²) in [6.07, 6.45) is -5.93. The molecule has 0 aliphatic carbocycles. The van der Waals surface area contributed by atoms with Gasteiger partial charge in [0.15, 0.2) is 0 Å². The molecule has 4 atom stereocenters. The van der Waals surface area contributed by atoms with Crippen LogP contribution in [0.25, 0.3) is 0 Å². The molecule has 21 heavy (non-hydrogen) atoms. The molecule has 4 unspecified atom stereocenters. The standard InChI is InChI=1S/C13H18N2O6/c16-7-10(18)12(20)11(19)9(17)6-14-15-13(21)8-4-2-1-3-5-8/h1-6,9-12,16-20H,7H2,(H,15,21)/b14-6+. The average molecular weight is 298 g/mol. The van der Waals surface area contributed by atoms with Gasteiger partial charge in [0.25, 0.3) is 5.91 Å². The van der Waals surface area contributed by atoms with Gasteiger partial charge in [0.1, 0.15) is 24.4 Å². The summed E-state index contributed by atoms with van der Waals surface area (Å²) in [5, 5.41) is 49.6. The lowest BCUT2D eigenvalue weighted by Crippen LogP contribution is -2.46. The van der Waals surface area contributed by atoms with Crippen LogP contribution in [0.4, 0.5) is 0 Å². The van der Waals surface area contributed by atoms with Crippen LogP contribution in [0.3, 0.4) is 0 Å². The molecule has 0 aliphatic rings. The summed E-state index contributed by atoms with van der Waals surface area (Å²) in [5.41, 5.74) is 2.49. The minimum Gasteiger partial charge on any atom is -0.394 e. The van der Waals surface area contributed by atoms with Crippen molar-refractivity contribution >= 4 is 12.1 Å². The number of nitrogens with zero attached hydrogens (tertiary/aromatic N) is 1. The molecule has 1 aromatic rings. The van der Waals surface area contributed by atoms with Crippen molar-refractivity contribution in [3.05, 3.63) is 35.9 Å². The summed E-state index contributed by atoms with van der Waals surface area (Å²) < 4.78 is 0. The highest BCUT2D eigenvalue weighted by molar-refractivity contribution is 5.94. The zero-order valence-corrected chi connectivity index (χ0v) is 11.1. The number of hydrazone groups is 1. The average Bonchev–Trinajstić information content (AvgIpc) is 2.53. The number of aliphatic hydroxyl groups excluding tert-OH is 5. The monoisotopic (exact) mass is 298 g/mol. The molecular formula is C13H18N2O6. The van der Waals surface area contributed by atoms with Gasteiger partial charge in [-0.25, -0.2) is 5.43 Å². The van der Waals surface area contributed by atoms with Crippen molar-refractivity contribution < 1.29 is 30.3 Å². The summed E-state index contributed by atoms with van der Waals surface area (Å²) in [7, 11) is 0. The van der Waals surface area contributed by atoms with Gasteiger partial charge >= 0.3 is 0 Å². The van der Waals surface area contributed by atoms with E-state index in [0.717, 1.165) is 6.21 Å². The number of carbonyl (C=O) groups is 1. The maximum atomic E-state index is 11.6. The molecule has 0 aromatic heterocycles. The fraction of sp³-hybridized carbons (Fsp3) is 0.385. The first-order valence-electron chi connectivity index (χ1n) is 6.19. The van der Waals surface area contributed by atoms with E-state index in [1.807, 2.05) is 0 Å². The highest BCUT2D eigenvalue weighted by atomic mass is 16.4. The fourth-order valence-electron chi connectivity index (χ4n) is 1.45. The number of carbonyl (C=O) groups excluding carboxylic acids is 1. The minimum absolute atomic E-state index is 0.362. The van der Waals surface area contributed by atoms with Crippen LogP contribution in [0, 0.1) is 0 Å². The van der Waals surface area contributed by atoms with Crippen LogP contribution >= 0.6 is 0 Å². The predicted octanol–water partition coefficient (Wildman–Crippen LogP) is -2.16. The summed E-state index contributed by atoms with van der Waals surface area (Å²) >= 11 is 0. The van der Waals surface area contributed by atoms with Crippen molar-refractivity contribution in [2.24, 2.45) is 5.10 Å². The van der Waals surface area contributed by atoms with Crippen molar-refractivity contribution in [3.8, 4) is 0 Å². The maximum Gasteiger partial charge on any atom is 0.271 e. The third-order valence-corrected chi connectivity index (χ3v) is 2.71. The van der Waals surface area contributed by atoms with Crippen molar-refractivity contribution in [1.29, 1.82) is 0 Å². The van der Waals surface area contributed by atoms with Gasteiger partial charge in [0, 0.05) is 5.56 Å². The first kappa shape index (κ1) is 17.2. The van der Waals surface area contributed by atoms with Crippen LogP contribution in [0.5, 0.6) is 0 Å². The molecule has 0 saturated carbocycles. The number of nitrogens with one attached hydrogen (secondary N) is 1. The lowest BCUT2D eigenvalue weighted by molar-refractivity contribution is -0.0999. The predicted molar refractivity (Wildman–Crippen MR) is 73.5 cm³/mol. The van der Waals surface area contributed by atoms with Gasteiger partial charge in [-0.3, -0.25) is 4.79 Å². The Morgan fingerprint density at radius 2 is 1.76 bits per heavy atom. The van der Waals surface area contributed by atoms with Gasteiger partial charge in [-0.2, -0.15) is 5.10 Å². The summed E-state index contributed by atoms with van der Waals surface area (Å²) in [5.74, 6) is -0.510. The number of aliphatic hydroxyl groups is 5. The van der Waals surface area contributed by atoms with E-state index in [4.69, 9.17) is 10.2 Å². The Kier molecular flexibility index (Phi) is 6.92. The molecule has 0 heterocycles. The van der Waals surface area contributed by atoms with Crippen LogP contribution in [0.2, 0.25) is 0 Å². The molecule has 116 valence electrons. The summed E-state index contributed by atoms with van der Waals surface area (Å²) in [6.45, 7) is -0.771. The summed E-state index contributed by atoms with van der Waals surface area (Å²) in [4.78, 5) is 11.6. The second-order valence-corrected chi connectivity index (χ2v) is 4.31. The van der Waals surface area contributed by atoms with E-state index in [9.17, 15) is 20.1 Å². The van der Waals surface area contributed by atoms with Crippen LogP contribution in [0.1, 0.15) is 10.4 Å². The summed E-state index contributed by atoms with van der Waals surface area (Å²) in [6, 6.07) is 8.22. The molecule has 6 N–H and O–H groups in total. The molecule has 1 aromatic carbocycles. The molecule has 0 aliphatic heterocycles. The van der Waals surface area contributed by atoms with Crippen LogP contribution in [0.15, 0.2) is 35.4 Å². The Labute approximate surface area is 121 Å². The van der Waals surface area contributed by atoms with E-state index >= 15 is 0 Å². The molecule has 1 amide bonds. The van der Waals surface area contributed by atoms with E-state index in [1.54, 1.807) is 30.3 Å². The Morgan fingerprint density at radius 3 is 2.33 bits per heavy atom. The molecule has 8 nitrogen and oxygen atoms in total. The highest BCUT2D eigenvalue weighted by Crippen LogP contribution is 2.03. The Balaban J connectivity index is 2.51. The third-order valence-electron chi connectivity index (χ3n) is 2.71. The SMILES string of the molecule is O=C(N/N=C/C(O)C(O)C(O)C(O)CO)c1ccccc1. The Hall–Kier alpha value is -1.84. The number of rotatable bonds is 7. The van der Waals surface area contributed by atoms with E-state index in [1.165, 1.54) is 0 Å². The zero-order valence-electron chi connectivity index (χ0n) is 11.1. The Morgan fingerprint density at radius 1 is 1.14 bits per heavy atom. The number of amides is 1. The molecule has 0 saturated heterocycles. The molecule has 0 spiro atoms.